The van der Waals surface area contributed by atoms with Gasteiger partial charge in [0.2, 0.25) is 0 Å². The van der Waals surface area contributed by atoms with Gasteiger partial charge in [-0.05, 0) is 19.1 Å². The minimum atomic E-state index is -0.458. The van der Waals surface area contributed by atoms with E-state index in [4.69, 9.17) is 16.8 Å². The van der Waals surface area contributed by atoms with Crippen molar-refractivity contribution in [3.8, 4) is 0 Å². The van der Waals surface area contributed by atoms with Crippen LogP contribution in [-0.4, -0.2) is 11.4 Å². The normalized spacial score (nSPS) is 10.9. The molecule has 0 radical (unpaired) electrons. The van der Waals surface area contributed by atoms with Gasteiger partial charge in [0, 0.05) is 16.1 Å². The lowest BCUT2D eigenvalue weighted by atomic mass is 10.1. The summed E-state index contributed by atoms with van der Waals surface area (Å²) in [6, 6.07) is 3.00. The minimum absolute atomic E-state index is 0.222. The number of nitrogens with zero attached hydrogens (tertiary/aromatic N) is 1. The maximum Gasteiger partial charge on any atom is 0.136 e. The number of rotatable bonds is 1. The fraction of sp³-hybridized carbons (Fsp3) is 0.125. The first kappa shape index (κ1) is 9.00. The molecule has 0 amide bonds. The highest BCUT2D eigenvalue weighted by Crippen LogP contribution is 2.19. The molecule has 0 bridgehead atoms. The second-order valence-electron chi connectivity index (χ2n) is 2.32. The van der Waals surface area contributed by atoms with Gasteiger partial charge in [-0.25, -0.2) is 4.39 Å². The summed E-state index contributed by atoms with van der Waals surface area (Å²) < 4.78 is 13.2. The number of oxime groups is 1. The van der Waals surface area contributed by atoms with E-state index in [2.05, 4.69) is 5.16 Å². The van der Waals surface area contributed by atoms with Crippen molar-refractivity contribution in [1.82, 2.24) is 0 Å². The molecule has 0 saturated heterocycles. The van der Waals surface area contributed by atoms with E-state index in [0.717, 1.165) is 6.21 Å². The van der Waals surface area contributed by atoms with Gasteiger partial charge in [-0.1, -0.05) is 16.8 Å². The molecule has 0 atom stereocenters. The lowest BCUT2D eigenvalue weighted by Crippen LogP contribution is -1.92. The summed E-state index contributed by atoms with van der Waals surface area (Å²) in [4.78, 5) is 0. The van der Waals surface area contributed by atoms with Crippen LogP contribution in [-0.2, 0) is 0 Å². The molecule has 64 valence electrons. The van der Waals surface area contributed by atoms with Crippen LogP contribution in [0.2, 0.25) is 5.02 Å². The number of hydrogen-bond acceptors (Lipinski definition) is 2. The molecule has 0 aliphatic rings. The van der Waals surface area contributed by atoms with Gasteiger partial charge >= 0.3 is 0 Å². The van der Waals surface area contributed by atoms with Crippen molar-refractivity contribution >= 4 is 17.8 Å². The molecule has 1 aromatic rings. The van der Waals surface area contributed by atoms with Gasteiger partial charge in [0.25, 0.3) is 0 Å². The Balaban J connectivity index is 3.26. The molecule has 0 heterocycles. The summed E-state index contributed by atoms with van der Waals surface area (Å²) in [7, 11) is 0. The zero-order chi connectivity index (χ0) is 9.14. The van der Waals surface area contributed by atoms with Crippen molar-refractivity contribution in [3.63, 3.8) is 0 Å². The van der Waals surface area contributed by atoms with Crippen molar-refractivity contribution in [1.29, 1.82) is 0 Å². The van der Waals surface area contributed by atoms with Crippen molar-refractivity contribution < 1.29 is 9.60 Å². The summed E-state index contributed by atoms with van der Waals surface area (Å²) in [5.41, 5.74) is 0.577. The van der Waals surface area contributed by atoms with Gasteiger partial charge in [0.15, 0.2) is 0 Å². The van der Waals surface area contributed by atoms with Crippen LogP contribution >= 0.6 is 11.6 Å². The third-order valence-corrected chi connectivity index (χ3v) is 1.96. The summed E-state index contributed by atoms with van der Waals surface area (Å²) >= 11 is 5.64. The molecule has 0 fully saturated rings. The van der Waals surface area contributed by atoms with E-state index in [-0.39, 0.29) is 5.56 Å². The molecule has 0 aliphatic heterocycles. The molecular weight excluding hydrogens is 181 g/mol. The molecule has 12 heavy (non-hydrogen) atoms. The van der Waals surface area contributed by atoms with Gasteiger partial charge in [-0.2, -0.15) is 0 Å². The molecule has 4 heteroatoms. The Morgan fingerprint density at radius 2 is 2.25 bits per heavy atom. The highest BCUT2D eigenvalue weighted by atomic mass is 35.5. The van der Waals surface area contributed by atoms with Crippen LogP contribution in [0.15, 0.2) is 17.3 Å². The Hall–Kier alpha value is -1.09. The van der Waals surface area contributed by atoms with Crippen molar-refractivity contribution in [2.75, 3.05) is 0 Å². The first-order valence-electron chi connectivity index (χ1n) is 3.29. The minimum Gasteiger partial charge on any atom is -0.411 e. The van der Waals surface area contributed by atoms with Crippen molar-refractivity contribution in [2.24, 2.45) is 5.16 Å². The van der Waals surface area contributed by atoms with Gasteiger partial charge in [0.1, 0.15) is 5.82 Å². The summed E-state index contributed by atoms with van der Waals surface area (Å²) in [6.45, 7) is 1.56. The van der Waals surface area contributed by atoms with Crippen LogP contribution < -0.4 is 0 Å². The van der Waals surface area contributed by atoms with Crippen LogP contribution in [0.3, 0.4) is 0 Å². The van der Waals surface area contributed by atoms with E-state index in [0.29, 0.717) is 10.6 Å². The predicted octanol–water partition coefficient (Wildman–Crippen LogP) is 2.60. The molecule has 1 N–H and O–H groups in total. The Labute approximate surface area is 74.3 Å². The first-order chi connectivity index (χ1) is 5.66. The van der Waals surface area contributed by atoms with Crippen LogP contribution in [0.5, 0.6) is 0 Å². The molecule has 0 unspecified atom stereocenters. The zero-order valence-corrected chi connectivity index (χ0v) is 7.14. The van der Waals surface area contributed by atoms with E-state index < -0.39 is 5.82 Å². The molecule has 0 aromatic heterocycles. The van der Waals surface area contributed by atoms with Crippen LogP contribution in [0.1, 0.15) is 11.1 Å². The standard InChI is InChI=1S/C8H7ClFNO/c1-5-7(9)3-2-6(4-11-12)8(5)10/h2-4,12H,1H3/b11-4+. The third-order valence-electron chi connectivity index (χ3n) is 1.55. The fourth-order valence-corrected chi connectivity index (χ4v) is 0.990. The molecule has 1 rings (SSSR count). The second-order valence-corrected chi connectivity index (χ2v) is 2.73. The zero-order valence-electron chi connectivity index (χ0n) is 6.38. The van der Waals surface area contributed by atoms with Gasteiger partial charge in [0.05, 0.1) is 6.21 Å². The largest absolute Gasteiger partial charge is 0.411 e. The third kappa shape index (κ3) is 1.56. The number of benzene rings is 1. The molecule has 2 nitrogen and oxygen atoms in total. The molecule has 1 aromatic carbocycles. The Morgan fingerprint density at radius 1 is 1.58 bits per heavy atom. The molecule has 0 aliphatic carbocycles. The quantitative estimate of drug-likeness (QED) is 0.409. The molecule has 0 spiro atoms. The van der Waals surface area contributed by atoms with Gasteiger partial charge in [-0.3, -0.25) is 0 Å². The number of hydrogen-bond donors (Lipinski definition) is 1. The maximum atomic E-state index is 13.2. The summed E-state index contributed by atoms with van der Waals surface area (Å²) in [5.74, 6) is -0.458. The highest BCUT2D eigenvalue weighted by molar-refractivity contribution is 6.31. The van der Waals surface area contributed by atoms with E-state index in [1.807, 2.05) is 0 Å². The lowest BCUT2D eigenvalue weighted by molar-refractivity contribution is 0.321. The average Bonchev–Trinajstić information content (AvgIpc) is 2.07. The van der Waals surface area contributed by atoms with E-state index in [1.54, 1.807) is 13.0 Å². The van der Waals surface area contributed by atoms with Crippen molar-refractivity contribution in [2.45, 2.75) is 6.92 Å². The van der Waals surface area contributed by atoms with Gasteiger partial charge in [-0.15, -0.1) is 0 Å². The van der Waals surface area contributed by atoms with E-state index in [9.17, 15) is 4.39 Å². The summed E-state index contributed by atoms with van der Waals surface area (Å²) in [5, 5.41) is 11.3. The maximum absolute atomic E-state index is 13.2. The Bertz CT molecular complexity index is 325. The Kier molecular flexibility index (Phi) is 2.65. The van der Waals surface area contributed by atoms with E-state index in [1.165, 1.54) is 6.07 Å². The van der Waals surface area contributed by atoms with Gasteiger partial charge < -0.3 is 5.21 Å². The topological polar surface area (TPSA) is 32.6 Å². The monoisotopic (exact) mass is 187 g/mol. The van der Waals surface area contributed by atoms with E-state index >= 15 is 0 Å². The predicted molar refractivity (Wildman–Crippen MR) is 45.5 cm³/mol. The molecular formula is C8H7ClFNO. The Morgan fingerprint density at radius 3 is 2.83 bits per heavy atom. The lowest BCUT2D eigenvalue weighted by Gasteiger charge is -2.01. The second kappa shape index (κ2) is 3.54. The SMILES string of the molecule is Cc1c(Cl)ccc(/C=N/O)c1F. The average molecular weight is 188 g/mol. The highest BCUT2D eigenvalue weighted by Gasteiger charge is 2.06. The summed E-state index contributed by atoms with van der Waals surface area (Å²) in [6.07, 6.45) is 1.03. The van der Waals surface area contributed by atoms with Crippen LogP contribution in [0.4, 0.5) is 4.39 Å². The fourth-order valence-electron chi connectivity index (χ4n) is 0.844. The van der Waals surface area contributed by atoms with Crippen molar-refractivity contribution in [3.05, 3.63) is 34.1 Å². The van der Waals surface area contributed by atoms with Crippen LogP contribution in [0, 0.1) is 12.7 Å². The molecule has 0 saturated carbocycles. The van der Waals surface area contributed by atoms with Crippen LogP contribution in [0.25, 0.3) is 0 Å². The number of halogens is 2. The first-order valence-corrected chi connectivity index (χ1v) is 3.66. The smallest absolute Gasteiger partial charge is 0.136 e.